The van der Waals surface area contributed by atoms with Crippen LogP contribution in [-0.2, 0) is 65.4 Å². The van der Waals surface area contributed by atoms with Gasteiger partial charge in [-0.3, -0.25) is 37.3 Å². The molecule has 0 aromatic rings. The number of aliphatic hydroxyl groups is 1. The lowest BCUT2D eigenvalue weighted by Gasteiger charge is -2.21. The van der Waals surface area contributed by atoms with Gasteiger partial charge in [-0.15, -0.1) is 0 Å². The van der Waals surface area contributed by atoms with Crippen molar-refractivity contribution in [2.24, 2.45) is 23.7 Å². The second kappa shape index (κ2) is 70.1. The van der Waals surface area contributed by atoms with Crippen molar-refractivity contribution in [3.63, 3.8) is 0 Å². The number of hydrogen-bond acceptors (Lipinski definition) is 15. The van der Waals surface area contributed by atoms with E-state index < -0.39 is 97.5 Å². The van der Waals surface area contributed by atoms with Gasteiger partial charge in [-0.25, -0.2) is 9.13 Å². The Balaban J connectivity index is 5.28. The Bertz CT molecular complexity index is 1960. The van der Waals surface area contributed by atoms with E-state index in [9.17, 15) is 43.2 Å². The van der Waals surface area contributed by atoms with Gasteiger partial charge in [-0.05, 0) is 49.4 Å². The van der Waals surface area contributed by atoms with E-state index >= 15 is 0 Å². The van der Waals surface area contributed by atoms with Gasteiger partial charge in [0.25, 0.3) is 0 Å². The molecule has 0 rings (SSSR count). The number of phosphoric ester groups is 2. The highest BCUT2D eigenvalue weighted by Gasteiger charge is 2.30. The Labute approximate surface area is 613 Å². The Morgan fingerprint density at radius 2 is 0.480 bits per heavy atom. The van der Waals surface area contributed by atoms with E-state index in [1.54, 1.807) is 0 Å². The monoisotopic (exact) mass is 1470 g/mol. The first kappa shape index (κ1) is 98.1. The molecule has 6 atom stereocenters. The van der Waals surface area contributed by atoms with Crippen LogP contribution >= 0.6 is 15.6 Å². The van der Waals surface area contributed by atoms with Crippen LogP contribution in [0.15, 0.2) is 0 Å². The topological polar surface area (TPSA) is 237 Å². The Morgan fingerprint density at radius 3 is 0.710 bits per heavy atom. The number of aliphatic hydroxyl groups excluding tert-OH is 1. The molecular formula is C81H158O17P2. The van der Waals surface area contributed by atoms with Gasteiger partial charge in [-0.1, -0.05) is 364 Å². The minimum absolute atomic E-state index is 0.106. The zero-order valence-electron chi connectivity index (χ0n) is 65.8. The lowest BCUT2D eigenvalue weighted by Crippen LogP contribution is -2.30. The number of hydrogen-bond donors (Lipinski definition) is 3. The average molecular weight is 1470 g/mol. The number of phosphoric acid groups is 2. The predicted molar refractivity (Wildman–Crippen MR) is 409 cm³/mol. The molecule has 100 heavy (non-hydrogen) atoms. The van der Waals surface area contributed by atoms with Crippen LogP contribution in [0.2, 0.25) is 0 Å². The molecular weight excluding hydrogens is 1310 g/mol. The molecule has 0 saturated heterocycles. The molecule has 0 aliphatic heterocycles. The summed E-state index contributed by atoms with van der Waals surface area (Å²) in [5.41, 5.74) is 0. The normalized spacial score (nSPS) is 14.3. The number of rotatable bonds is 78. The lowest BCUT2D eigenvalue weighted by atomic mass is 9.99. The molecule has 0 aliphatic rings. The smallest absolute Gasteiger partial charge is 0.462 e. The van der Waals surface area contributed by atoms with Gasteiger partial charge in [0.1, 0.15) is 19.3 Å². The summed E-state index contributed by atoms with van der Waals surface area (Å²) in [6, 6.07) is 0. The largest absolute Gasteiger partial charge is 0.472 e. The summed E-state index contributed by atoms with van der Waals surface area (Å²) in [4.78, 5) is 73.1. The third-order valence-electron chi connectivity index (χ3n) is 19.2. The molecule has 17 nitrogen and oxygen atoms in total. The lowest BCUT2D eigenvalue weighted by molar-refractivity contribution is -0.161. The number of carbonyl (C=O) groups is 4. The van der Waals surface area contributed by atoms with E-state index in [0.717, 1.165) is 114 Å². The predicted octanol–water partition coefficient (Wildman–Crippen LogP) is 24.0. The van der Waals surface area contributed by atoms with Crippen molar-refractivity contribution in [3.05, 3.63) is 0 Å². The fourth-order valence-corrected chi connectivity index (χ4v) is 14.0. The van der Waals surface area contributed by atoms with E-state index in [4.69, 9.17) is 37.0 Å². The highest BCUT2D eigenvalue weighted by atomic mass is 31.2. The van der Waals surface area contributed by atoms with Crippen LogP contribution in [0.4, 0.5) is 0 Å². The highest BCUT2D eigenvalue weighted by Crippen LogP contribution is 2.45. The molecule has 0 saturated carbocycles. The molecule has 19 heteroatoms. The molecule has 0 aromatic carbocycles. The first-order chi connectivity index (χ1) is 48.1. The SMILES string of the molecule is CCC(C)CCCCCCCCCCCCC(=O)O[C@H](COC(=O)CCCCCCCCCCCCC(C)C)COP(=O)(O)OC[C@H](O)COP(=O)(O)OC[C@@H](COC(=O)CCCCCCCCCCCCCCCC(C)C)OC(=O)CCCCCCCCCCCCCCCCC(C)C. The van der Waals surface area contributed by atoms with Crippen molar-refractivity contribution >= 4 is 39.5 Å². The maximum absolute atomic E-state index is 13.1. The van der Waals surface area contributed by atoms with Crippen LogP contribution in [0, 0.1) is 23.7 Å². The van der Waals surface area contributed by atoms with Crippen molar-refractivity contribution in [2.45, 2.75) is 433 Å². The van der Waals surface area contributed by atoms with E-state index in [1.807, 2.05) is 0 Å². The summed E-state index contributed by atoms with van der Waals surface area (Å²) in [6.45, 7) is 14.3. The van der Waals surface area contributed by atoms with E-state index in [2.05, 4.69) is 55.4 Å². The summed E-state index contributed by atoms with van der Waals surface area (Å²) >= 11 is 0. The van der Waals surface area contributed by atoms with Gasteiger partial charge in [0, 0.05) is 25.7 Å². The highest BCUT2D eigenvalue weighted by molar-refractivity contribution is 7.47. The quantitative estimate of drug-likeness (QED) is 0.0222. The Kier molecular flexibility index (Phi) is 68.7. The van der Waals surface area contributed by atoms with Crippen LogP contribution in [-0.4, -0.2) is 96.7 Å². The molecule has 0 aliphatic carbocycles. The maximum Gasteiger partial charge on any atom is 0.472 e. The van der Waals surface area contributed by atoms with E-state index in [0.29, 0.717) is 25.7 Å². The van der Waals surface area contributed by atoms with Gasteiger partial charge in [0.2, 0.25) is 0 Å². The summed E-state index contributed by atoms with van der Waals surface area (Å²) in [7, 11) is -9.92. The summed E-state index contributed by atoms with van der Waals surface area (Å²) < 4.78 is 68.8. The van der Waals surface area contributed by atoms with E-state index in [-0.39, 0.29) is 25.7 Å². The molecule has 594 valence electrons. The molecule has 3 unspecified atom stereocenters. The average Bonchev–Trinajstić information content (AvgIpc) is 0.925. The molecule has 0 heterocycles. The molecule has 0 bridgehead atoms. The maximum atomic E-state index is 13.1. The van der Waals surface area contributed by atoms with Crippen LogP contribution < -0.4 is 0 Å². The first-order valence-electron chi connectivity index (χ1n) is 41.7. The standard InChI is InChI=1S/C81H158O17P2/c1-9-74(8)60-52-44-36-28-22-24-32-40-48-56-64-81(86)98-77(68-92-79(84)62-54-46-38-30-23-21-27-35-43-51-59-73(6)7)70-96-100(89,90)94-66-75(82)65-93-99(87,88)95-69-76(67-91-78(83)61-53-45-37-29-19-16-12-14-18-26-34-42-50-58-72(4)5)97-80(85)63-55-47-39-31-20-15-11-10-13-17-25-33-41-49-57-71(2)3/h71-77,82H,9-70H2,1-8H3,(H,87,88)(H,89,90)/t74?,75-,76-,77-/m1/s1. The second-order valence-corrected chi connectivity index (χ2v) is 33.7. The molecule has 0 amide bonds. The van der Waals surface area contributed by atoms with Crippen molar-refractivity contribution in [3.8, 4) is 0 Å². The summed E-state index contributed by atoms with van der Waals surface area (Å²) in [6.07, 6.45) is 56.7. The number of ether oxygens (including phenoxy) is 4. The molecule has 0 radical (unpaired) electrons. The summed E-state index contributed by atoms with van der Waals surface area (Å²) in [5.74, 6) is 1.04. The second-order valence-electron chi connectivity index (χ2n) is 30.8. The van der Waals surface area contributed by atoms with E-state index in [1.165, 1.54) is 218 Å². The fourth-order valence-electron chi connectivity index (χ4n) is 12.4. The molecule has 0 fully saturated rings. The number of unbranched alkanes of at least 4 members (excludes halogenated alkanes) is 43. The zero-order chi connectivity index (χ0) is 73.8. The number of esters is 4. The Hall–Kier alpha value is -1.94. The van der Waals surface area contributed by atoms with Crippen LogP contribution in [0.3, 0.4) is 0 Å². The van der Waals surface area contributed by atoms with Crippen LogP contribution in [0.5, 0.6) is 0 Å². The molecule has 3 N–H and O–H groups in total. The fraction of sp³-hybridized carbons (Fsp3) is 0.951. The van der Waals surface area contributed by atoms with Crippen molar-refractivity contribution < 1.29 is 80.2 Å². The van der Waals surface area contributed by atoms with Crippen molar-refractivity contribution in [2.75, 3.05) is 39.6 Å². The van der Waals surface area contributed by atoms with Gasteiger partial charge in [0.05, 0.1) is 26.4 Å². The first-order valence-corrected chi connectivity index (χ1v) is 44.7. The number of carbonyl (C=O) groups excluding carboxylic acids is 4. The van der Waals surface area contributed by atoms with Crippen molar-refractivity contribution in [1.82, 2.24) is 0 Å². The third kappa shape index (κ3) is 73.0. The van der Waals surface area contributed by atoms with Gasteiger partial charge >= 0.3 is 39.5 Å². The zero-order valence-corrected chi connectivity index (χ0v) is 67.6. The van der Waals surface area contributed by atoms with Crippen LogP contribution in [0.25, 0.3) is 0 Å². The van der Waals surface area contributed by atoms with Gasteiger partial charge in [-0.2, -0.15) is 0 Å². The van der Waals surface area contributed by atoms with Crippen molar-refractivity contribution in [1.29, 1.82) is 0 Å². The summed E-state index contributed by atoms with van der Waals surface area (Å²) in [5, 5.41) is 10.6. The Morgan fingerprint density at radius 1 is 0.280 bits per heavy atom. The minimum atomic E-state index is -4.96. The molecule has 0 aromatic heterocycles. The van der Waals surface area contributed by atoms with Gasteiger partial charge < -0.3 is 33.8 Å². The molecule has 0 spiro atoms. The minimum Gasteiger partial charge on any atom is -0.462 e. The third-order valence-corrected chi connectivity index (χ3v) is 21.1. The van der Waals surface area contributed by atoms with Gasteiger partial charge in [0.15, 0.2) is 12.2 Å². The van der Waals surface area contributed by atoms with Crippen LogP contribution in [0.1, 0.15) is 415 Å².